The number of carbonyl (C=O) groups is 6. The van der Waals surface area contributed by atoms with Gasteiger partial charge in [-0.2, -0.15) is 0 Å². The van der Waals surface area contributed by atoms with Crippen molar-refractivity contribution >= 4 is 35.9 Å². The summed E-state index contributed by atoms with van der Waals surface area (Å²) in [6.45, 7) is 5.26. The molecule has 1 fully saturated rings. The van der Waals surface area contributed by atoms with E-state index in [0.29, 0.717) is 0 Å². The van der Waals surface area contributed by atoms with Gasteiger partial charge < -0.3 is 44.2 Å². The maximum Gasteiger partial charge on any atom is 0.407 e. The van der Waals surface area contributed by atoms with Crippen molar-refractivity contribution in [1.29, 1.82) is 0 Å². The lowest BCUT2D eigenvalue weighted by molar-refractivity contribution is -0.287. The number of carboxylic acid groups (broad SMARTS) is 1. The number of alkyl carbamates (subject to hydrolysis) is 1. The standard InChI is InChI=1S/C33H38N2O13/c1-16(27(31(40)41)35-33(42)44-14-25-23-12-8-6-10-21(23)22-11-7-9-13-24(22)25)45-32-28(34-17(2)36)30(47-20(5)39)29(46-19(4)38)26(48-32)15-43-18(3)37/h6-13,16,25-30,32H,14-15H2,1-5H3,(H,34,36)(H,35,42)(H,40,41)/t16-,26-,27+,28-,29-,30-,32-/m1/s1. The summed E-state index contributed by atoms with van der Waals surface area (Å²) in [5.74, 6) is -4.67. The molecule has 0 saturated carbocycles. The average Bonchev–Trinajstić information content (AvgIpc) is 3.33. The molecule has 48 heavy (non-hydrogen) atoms. The van der Waals surface area contributed by atoms with Crippen molar-refractivity contribution in [1.82, 2.24) is 10.6 Å². The Morgan fingerprint density at radius 3 is 1.88 bits per heavy atom. The van der Waals surface area contributed by atoms with Crippen LogP contribution in [-0.4, -0.2) is 97.0 Å². The van der Waals surface area contributed by atoms with Gasteiger partial charge in [-0.15, -0.1) is 0 Å². The van der Waals surface area contributed by atoms with Crippen molar-refractivity contribution in [2.45, 2.75) is 83.3 Å². The zero-order valence-corrected chi connectivity index (χ0v) is 27.0. The number of esters is 3. The van der Waals surface area contributed by atoms with E-state index in [2.05, 4.69) is 10.6 Å². The quantitative estimate of drug-likeness (QED) is 0.219. The summed E-state index contributed by atoms with van der Waals surface area (Å²) in [4.78, 5) is 73.2. The number of nitrogens with one attached hydrogen (secondary N) is 2. The summed E-state index contributed by atoms with van der Waals surface area (Å²) in [6.07, 6.45) is -7.98. The Bertz CT molecular complexity index is 1500. The summed E-state index contributed by atoms with van der Waals surface area (Å²) < 4.78 is 33.2. The molecule has 4 rings (SSSR count). The number of ether oxygens (including phenoxy) is 6. The number of carbonyl (C=O) groups excluding carboxylic acids is 5. The number of rotatable bonds is 12. The molecule has 0 radical (unpaired) electrons. The summed E-state index contributed by atoms with van der Waals surface area (Å²) in [6, 6.07) is 12.4. The third kappa shape index (κ3) is 8.66. The van der Waals surface area contributed by atoms with Gasteiger partial charge in [0.15, 0.2) is 24.5 Å². The second-order valence-electron chi connectivity index (χ2n) is 11.3. The fourth-order valence-electron chi connectivity index (χ4n) is 5.84. The summed E-state index contributed by atoms with van der Waals surface area (Å²) in [5, 5.41) is 14.9. The number of amides is 2. The van der Waals surface area contributed by atoms with E-state index in [-0.39, 0.29) is 12.5 Å². The predicted octanol–water partition coefficient (Wildman–Crippen LogP) is 2.04. The minimum absolute atomic E-state index is 0.0722. The predicted molar refractivity (Wildman–Crippen MR) is 164 cm³/mol. The first-order chi connectivity index (χ1) is 22.8. The van der Waals surface area contributed by atoms with Gasteiger partial charge in [-0.05, 0) is 29.2 Å². The van der Waals surface area contributed by atoms with Crippen LogP contribution in [0, 0.1) is 0 Å². The first kappa shape index (κ1) is 35.8. The van der Waals surface area contributed by atoms with E-state index < -0.39 is 85.3 Å². The van der Waals surface area contributed by atoms with Gasteiger partial charge >= 0.3 is 30.0 Å². The first-order valence-electron chi connectivity index (χ1n) is 15.2. The van der Waals surface area contributed by atoms with Crippen LogP contribution in [-0.2, 0) is 52.4 Å². The highest BCUT2D eigenvalue weighted by Crippen LogP contribution is 2.44. The van der Waals surface area contributed by atoms with Crippen LogP contribution in [0.5, 0.6) is 0 Å². The molecule has 2 aliphatic rings. The summed E-state index contributed by atoms with van der Waals surface area (Å²) in [7, 11) is 0. The Balaban J connectivity index is 1.52. The molecule has 258 valence electrons. The van der Waals surface area contributed by atoms with Crippen LogP contribution >= 0.6 is 0 Å². The van der Waals surface area contributed by atoms with Gasteiger partial charge in [0, 0.05) is 33.6 Å². The fourth-order valence-corrected chi connectivity index (χ4v) is 5.84. The van der Waals surface area contributed by atoms with Crippen molar-refractivity contribution in [3.8, 4) is 11.1 Å². The molecule has 15 nitrogen and oxygen atoms in total. The normalized spacial score (nSPS) is 22.6. The van der Waals surface area contributed by atoms with E-state index >= 15 is 0 Å². The second kappa shape index (κ2) is 15.7. The van der Waals surface area contributed by atoms with Crippen LogP contribution < -0.4 is 10.6 Å². The van der Waals surface area contributed by atoms with E-state index in [0.717, 1.165) is 49.9 Å². The molecule has 2 amide bonds. The molecule has 2 aromatic rings. The molecule has 15 heteroatoms. The molecule has 0 aromatic heterocycles. The zero-order chi connectivity index (χ0) is 35.1. The highest BCUT2D eigenvalue weighted by Gasteiger charge is 2.52. The van der Waals surface area contributed by atoms with Gasteiger partial charge in [-0.3, -0.25) is 19.2 Å². The lowest BCUT2D eigenvalue weighted by atomic mass is 9.95. The molecule has 1 saturated heterocycles. The Kier molecular flexibility index (Phi) is 11.7. The highest BCUT2D eigenvalue weighted by atomic mass is 16.7. The molecule has 3 N–H and O–H groups in total. The number of hydrogen-bond acceptors (Lipinski definition) is 12. The van der Waals surface area contributed by atoms with Crippen molar-refractivity contribution in [3.05, 3.63) is 59.7 Å². The van der Waals surface area contributed by atoms with Crippen molar-refractivity contribution in [3.63, 3.8) is 0 Å². The van der Waals surface area contributed by atoms with Crippen LogP contribution in [0.15, 0.2) is 48.5 Å². The Morgan fingerprint density at radius 1 is 0.792 bits per heavy atom. The Hall–Kier alpha value is -5.02. The van der Waals surface area contributed by atoms with Gasteiger partial charge in [0.2, 0.25) is 5.91 Å². The van der Waals surface area contributed by atoms with Gasteiger partial charge in [0.25, 0.3) is 0 Å². The van der Waals surface area contributed by atoms with E-state index in [4.69, 9.17) is 28.4 Å². The maximum absolute atomic E-state index is 13.0. The molecule has 1 heterocycles. The lowest BCUT2D eigenvalue weighted by Crippen LogP contribution is -2.67. The molecule has 0 unspecified atom stereocenters. The molecular formula is C33H38N2O13. The van der Waals surface area contributed by atoms with Gasteiger partial charge in [0.1, 0.15) is 25.4 Å². The molecule has 0 spiro atoms. The lowest BCUT2D eigenvalue weighted by Gasteiger charge is -2.45. The molecule has 2 aromatic carbocycles. The van der Waals surface area contributed by atoms with E-state index in [1.807, 2.05) is 48.5 Å². The minimum Gasteiger partial charge on any atom is -0.480 e. The highest BCUT2D eigenvalue weighted by molar-refractivity contribution is 5.81. The molecule has 1 aliphatic carbocycles. The van der Waals surface area contributed by atoms with E-state index in [1.165, 1.54) is 6.92 Å². The van der Waals surface area contributed by atoms with Crippen LogP contribution in [0.1, 0.15) is 51.7 Å². The molecule has 0 bridgehead atoms. The third-order valence-corrected chi connectivity index (χ3v) is 7.77. The van der Waals surface area contributed by atoms with Crippen LogP contribution in [0.4, 0.5) is 4.79 Å². The van der Waals surface area contributed by atoms with Crippen molar-refractivity contribution in [2.75, 3.05) is 13.2 Å². The first-order valence-corrected chi connectivity index (χ1v) is 15.2. The Morgan fingerprint density at radius 2 is 1.35 bits per heavy atom. The van der Waals surface area contributed by atoms with Crippen molar-refractivity contribution < 1.29 is 62.3 Å². The number of hydrogen-bond donors (Lipinski definition) is 3. The van der Waals surface area contributed by atoms with Gasteiger partial charge in [-0.25, -0.2) is 9.59 Å². The molecular weight excluding hydrogens is 632 g/mol. The maximum atomic E-state index is 13.0. The van der Waals surface area contributed by atoms with Crippen LogP contribution in [0.3, 0.4) is 0 Å². The van der Waals surface area contributed by atoms with Gasteiger partial charge in [0.05, 0.1) is 6.10 Å². The number of carboxylic acids is 1. The topological polar surface area (TPSA) is 202 Å². The van der Waals surface area contributed by atoms with E-state index in [1.54, 1.807) is 0 Å². The number of aliphatic carboxylic acids is 1. The largest absolute Gasteiger partial charge is 0.480 e. The second-order valence-corrected chi connectivity index (χ2v) is 11.3. The van der Waals surface area contributed by atoms with Crippen molar-refractivity contribution in [2.24, 2.45) is 0 Å². The summed E-state index contributed by atoms with van der Waals surface area (Å²) in [5.41, 5.74) is 3.97. The molecule has 1 aliphatic heterocycles. The summed E-state index contributed by atoms with van der Waals surface area (Å²) >= 11 is 0. The third-order valence-electron chi connectivity index (χ3n) is 7.77. The van der Waals surface area contributed by atoms with Crippen LogP contribution in [0.2, 0.25) is 0 Å². The number of benzene rings is 2. The minimum atomic E-state index is -1.69. The smallest absolute Gasteiger partial charge is 0.407 e. The number of fused-ring (bicyclic) bond motifs is 3. The SMILES string of the molecule is CC(=O)N[C@H]1[C@H](O[C@H](C)[C@H](NC(=O)OCC2c3ccccc3-c3ccccc32)C(=O)O)O[C@H](COC(C)=O)[C@@H](OC(C)=O)[C@@H]1OC(C)=O. The van der Waals surface area contributed by atoms with Crippen LogP contribution in [0.25, 0.3) is 11.1 Å². The monoisotopic (exact) mass is 670 g/mol. The van der Waals surface area contributed by atoms with E-state index in [9.17, 15) is 33.9 Å². The molecule has 7 atom stereocenters. The zero-order valence-electron chi connectivity index (χ0n) is 27.0. The fraction of sp³-hybridized carbons (Fsp3) is 0.455. The Labute approximate surface area is 276 Å². The average molecular weight is 671 g/mol. The van der Waals surface area contributed by atoms with Gasteiger partial charge in [-0.1, -0.05) is 48.5 Å².